The van der Waals surface area contributed by atoms with Crippen molar-refractivity contribution in [2.45, 2.75) is 21.8 Å². The molecule has 1 aromatic heterocycles. The zero-order valence-corrected chi connectivity index (χ0v) is 14.4. The lowest BCUT2D eigenvalue weighted by atomic mass is 10.2. The normalized spacial score (nSPS) is 26.0. The van der Waals surface area contributed by atoms with E-state index in [0.717, 1.165) is 0 Å². The zero-order chi connectivity index (χ0) is 15.7. The molecule has 1 aliphatic rings. The van der Waals surface area contributed by atoms with Gasteiger partial charge in [0.1, 0.15) is 11.6 Å². The maximum Gasteiger partial charge on any atom is 0.247 e. The summed E-state index contributed by atoms with van der Waals surface area (Å²) >= 11 is 23.6. The van der Waals surface area contributed by atoms with Crippen LogP contribution in [0.25, 0.3) is 0 Å². The van der Waals surface area contributed by atoms with Crippen LogP contribution < -0.4 is 5.32 Å². The number of aliphatic imine (C=N–C) groups is 1. The van der Waals surface area contributed by atoms with Gasteiger partial charge in [0.25, 0.3) is 0 Å². The van der Waals surface area contributed by atoms with Crippen molar-refractivity contribution >= 4 is 62.1 Å². The number of sulfone groups is 1. The Morgan fingerprint density at radius 1 is 1.43 bits per heavy atom. The van der Waals surface area contributed by atoms with Crippen molar-refractivity contribution in [2.75, 3.05) is 11.5 Å². The van der Waals surface area contributed by atoms with Crippen LogP contribution in [0.5, 0.6) is 0 Å². The number of nitrogens with one attached hydrogen (secondary N) is 1. The van der Waals surface area contributed by atoms with Gasteiger partial charge in [0.15, 0.2) is 9.84 Å². The molecule has 1 N–H and O–H groups in total. The number of amidine groups is 1. The first-order chi connectivity index (χ1) is 9.67. The first kappa shape index (κ1) is 17.2. The summed E-state index contributed by atoms with van der Waals surface area (Å²) in [7, 11) is -3.19. The molecule has 1 aromatic rings. The zero-order valence-electron chi connectivity index (χ0n) is 10.6. The van der Waals surface area contributed by atoms with Gasteiger partial charge in [0, 0.05) is 0 Å². The monoisotopic (exact) mass is 392 g/mol. The Bertz CT molecular complexity index is 610. The van der Waals surface area contributed by atoms with Crippen molar-refractivity contribution in [3.8, 4) is 0 Å². The number of hydrogen-bond donors (Lipinski definition) is 1. The fourth-order valence-corrected chi connectivity index (χ4v) is 4.78. The molecular weight excluding hydrogens is 382 g/mol. The summed E-state index contributed by atoms with van der Waals surface area (Å²) in [5.74, 6) is 0.390. The first-order valence-electron chi connectivity index (χ1n) is 5.92. The molecule has 0 aliphatic carbocycles. The molecule has 2 rings (SSSR count). The third kappa shape index (κ3) is 4.93. The summed E-state index contributed by atoms with van der Waals surface area (Å²) in [6.45, 7) is 0.162. The van der Waals surface area contributed by atoms with E-state index >= 15 is 0 Å². The molecule has 0 bridgehead atoms. The van der Waals surface area contributed by atoms with Gasteiger partial charge in [-0.05, 0) is 12.1 Å². The maximum atomic E-state index is 11.5. The molecule has 2 heterocycles. The average molecular weight is 394 g/mol. The quantitative estimate of drug-likeness (QED) is 0.486. The van der Waals surface area contributed by atoms with Crippen LogP contribution in [0.3, 0.4) is 0 Å². The predicted octanol–water partition coefficient (Wildman–Crippen LogP) is 2.54. The molecular formula is C11H12Cl4N2O3S. The second-order valence-corrected chi connectivity index (χ2v) is 9.58. The van der Waals surface area contributed by atoms with E-state index in [-0.39, 0.29) is 23.9 Å². The summed E-state index contributed by atoms with van der Waals surface area (Å²) in [6, 6.07) is 2.89. The second-order valence-electron chi connectivity index (χ2n) is 4.59. The minimum atomic E-state index is -3.19. The van der Waals surface area contributed by atoms with Gasteiger partial charge < -0.3 is 9.73 Å². The van der Waals surface area contributed by atoms with Crippen molar-refractivity contribution < 1.29 is 12.8 Å². The van der Waals surface area contributed by atoms with E-state index < -0.39 is 25.0 Å². The molecule has 0 amide bonds. The Hall–Kier alpha value is -0.140. The molecule has 5 nitrogen and oxygen atoms in total. The van der Waals surface area contributed by atoms with E-state index in [4.69, 9.17) is 50.8 Å². The number of alkyl halides is 4. The van der Waals surface area contributed by atoms with E-state index in [9.17, 15) is 8.42 Å². The topological polar surface area (TPSA) is 71.7 Å². The van der Waals surface area contributed by atoms with Crippen molar-refractivity contribution in [3.05, 3.63) is 24.2 Å². The fraction of sp³-hybridized carbons (Fsp3) is 0.545. The summed E-state index contributed by atoms with van der Waals surface area (Å²) < 4.78 is 26.4. The van der Waals surface area contributed by atoms with Gasteiger partial charge in [-0.2, -0.15) is 0 Å². The molecule has 118 valence electrons. The molecule has 0 spiro atoms. The number of rotatable bonds is 3. The molecule has 0 saturated carbocycles. The maximum absolute atomic E-state index is 11.5. The highest BCUT2D eigenvalue weighted by Gasteiger charge is 2.39. The van der Waals surface area contributed by atoms with Gasteiger partial charge in [-0.25, -0.2) is 8.42 Å². The Morgan fingerprint density at radius 2 is 2.14 bits per heavy atom. The summed E-state index contributed by atoms with van der Waals surface area (Å²) in [4.78, 5) is 4.15. The highest BCUT2D eigenvalue weighted by Crippen LogP contribution is 2.29. The highest BCUT2D eigenvalue weighted by atomic mass is 35.6. The number of halogens is 4. The van der Waals surface area contributed by atoms with Crippen LogP contribution in [0, 0.1) is 0 Å². The van der Waals surface area contributed by atoms with Gasteiger partial charge in [0.2, 0.25) is 3.79 Å². The minimum Gasteiger partial charge on any atom is -0.467 e. The highest BCUT2D eigenvalue weighted by molar-refractivity contribution is 7.91. The van der Waals surface area contributed by atoms with E-state index in [2.05, 4.69) is 10.3 Å². The number of nitrogens with zero attached hydrogens (tertiary/aromatic N) is 1. The Kier molecular flexibility index (Phi) is 5.36. The van der Waals surface area contributed by atoms with Gasteiger partial charge in [-0.3, -0.25) is 4.99 Å². The average Bonchev–Trinajstić information content (AvgIpc) is 2.91. The molecule has 10 heteroatoms. The summed E-state index contributed by atoms with van der Waals surface area (Å²) in [5, 5.41) is 2.22. The van der Waals surface area contributed by atoms with Crippen molar-refractivity contribution in [1.82, 2.24) is 5.32 Å². The molecule has 21 heavy (non-hydrogen) atoms. The third-order valence-electron chi connectivity index (χ3n) is 2.85. The van der Waals surface area contributed by atoms with Crippen LogP contribution >= 0.6 is 46.4 Å². The van der Waals surface area contributed by atoms with Gasteiger partial charge in [-0.15, -0.1) is 11.6 Å². The Labute approximate surface area is 142 Å². The van der Waals surface area contributed by atoms with E-state index in [1.54, 1.807) is 12.1 Å². The van der Waals surface area contributed by atoms with E-state index in [1.807, 2.05) is 0 Å². The van der Waals surface area contributed by atoms with Crippen LogP contribution in [-0.2, 0) is 16.4 Å². The predicted molar refractivity (Wildman–Crippen MR) is 85.4 cm³/mol. The Morgan fingerprint density at radius 3 is 2.62 bits per heavy atom. The minimum absolute atomic E-state index is 0.0386. The smallest absolute Gasteiger partial charge is 0.247 e. The number of furan rings is 1. The molecule has 0 unspecified atom stereocenters. The summed E-state index contributed by atoms with van der Waals surface area (Å²) in [6.07, 6.45) is 1.51. The molecule has 0 radical (unpaired) electrons. The van der Waals surface area contributed by atoms with E-state index in [0.29, 0.717) is 5.76 Å². The van der Waals surface area contributed by atoms with Crippen LogP contribution in [0.2, 0.25) is 0 Å². The Balaban J connectivity index is 2.12. The van der Waals surface area contributed by atoms with Crippen molar-refractivity contribution in [3.63, 3.8) is 0 Å². The van der Waals surface area contributed by atoms with Gasteiger partial charge >= 0.3 is 0 Å². The lowest BCUT2D eigenvalue weighted by Crippen LogP contribution is -2.46. The molecule has 1 fully saturated rings. The first-order valence-corrected chi connectivity index (χ1v) is 9.31. The largest absolute Gasteiger partial charge is 0.467 e. The standard InChI is InChI=1S/C11H12Cl4N2O3S/c12-8-5-21(18,19)6-9(8)17-10(11(13,14)15)16-4-7-2-1-3-20-7/h1-3,8-9H,4-6H2,(H,16,17)/t8-,9+/m1/s1. The lowest BCUT2D eigenvalue weighted by molar-refractivity contribution is 0.512. The third-order valence-corrected chi connectivity index (χ3v) is 5.76. The van der Waals surface area contributed by atoms with Crippen LogP contribution in [0.1, 0.15) is 5.76 Å². The second kappa shape index (κ2) is 6.54. The van der Waals surface area contributed by atoms with Gasteiger partial charge in [-0.1, -0.05) is 34.8 Å². The van der Waals surface area contributed by atoms with E-state index in [1.165, 1.54) is 6.26 Å². The van der Waals surface area contributed by atoms with Crippen LogP contribution in [-0.4, -0.2) is 41.0 Å². The van der Waals surface area contributed by atoms with Crippen molar-refractivity contribution in [1.29, 1.82) is 0 Å². The van der Waals surface area contributed by atoms with Crippen LogP contribution in [0.15, 0.2) is 27.8 Å². The fourth-order valence-electron chi connectivity index (χ4n) is 1.89. The molecule has 2 atom stereocenters. The molecule has 1 saturated heterocycles. The van der Waals surface area contributed by atoms with Crippen LogP contribution in [0.4, 0.5) is 0 Å². The summed E-state index contributed by atoms with van der Waals surface area (Å²) in [5.41, 5.74) is 0. The van der Waals surface area contributed by atoms with Gasteiger partial charge in [0.05, 0.1) is 35.7 Å². The number of hydrogen-bond acceptors (Lipinski definition) is 4. The van der Waals surface area contributed by atoms with Crippen molar-refractivity contribution in [2.24, 2.45) is 4.99 Å². The SMILES string of the molecule is O=S1(=O)C[C@@H](Cl)[C@@H](NC(=NCc2ccco2)C(Cl)(Cl)Cl)C1. The molecule has 1 aliphatic heterocycles. The lowest BCUT2D eigenvalue weighted by Gasteiger charge is -2.22. The molecule has 0 aromatic carbocycles.